The zero-order chi connectivity index (χ0) is 52.7. The van der Waals surface area contributed by atoms with E-state index < -0.39 is 57.8 Å². The predicted molar refractivity (Wildman–Crippen MR) is 297 cm³/mol. The monoisotopic (exact) mass is 1030 g/mol. The zero-order valence-electron chi connectivity index (χ0n) is 45.4. The van der Waals surface area contributed by atoms with E-state index in [1.807, 2.05) is 12.2 Å². The number of ether oxygens (including phenoxy) is 3. The van der Waals surface area contributed by atoms with Crippen LogP contribution in [-0.4, -0.2) is 66.5 Å². The number of carbonyl (C=O) groups is 3. The first-order valence-corrected chi connectivity index (χ1v) is 29.6. The highest BCUT2D eigenvalue weighted by molar-refractivity contribution is 7.47. The Morgan fingerprint density at radius 1 is 0.403 bits per heavy atom. The van der Waals surface area contributed by atoms with Crippen molar-refractivity contribution >= 4 is 25.7 Å². The molecule has 0 aliphatic rings. The Morgan fingerprint density at radius 2 is 0.778 bits per heavy atom. The lowest BCUT2D eigenvalue weighted by Gasteiger charge is -2.21. The summed E-state index contributed by atoms with van der Waals surface area (Å²) >= 11 is 0. The number of allylic oxidation sites excluding steroid dienone is 16. The molecule has 12 heteroatoms. The number of hydrogen-bond donors (Lipinski definition) is 2. The molecule has 0 amide bonds. The summed E-state index contributed by atoms with van der Waals surface area (Å²) in [6.45, 7) is 4.36. The highest BCUT2D eigenvalue weighted by Gasteiger charge is 2.28. The summed E-state index contributed by atoms with van der Waals surface area (Å²) in [4.78, 5) is 48.4. The van der Waals surface area contributed by atoms with Gasteiger partial charge in [0.05, 0.1) is 19.8 Å². The summed E-state index contributed by atoms with van der Waals surface area (Å²) in [5, 5.41) is 9.80. The van der Waals surface area contributed by atoms with Crippen molar-refractivity contribution in [2.45, 2.75) is 238 Å². The lowest BCUT2D eigenvalue weighted by atomic mass is 10.0. The minimum atomic E-state index is -4.77. The van der Waals surface area contributed by atoms with Crippen LogP contribution in [-0.2, 0) is 42.2 Å². The van der Waals surface area contributed by atoms with E-state index in [0.29, 0.717) is 25.7 Å². The standard InChI is InChI=1S/C60H101O11P/c1-4-7-10-13-16-19-22-25-26-27-28-29-30-33-36-39-42-45-48-51-60(64)71-57(53-67-58(62)49-46-43-40-37-34-31-23-20-17-14-11-8-5-2)55-69-72(65,66)68-54-56(52-61)70-59(63)50-47-44-41-38-35-32-24-21-18-15-12-9-6-3/h7,10-11,14,16,19-20,23,25-26,28-29,33,36,42,45,56-57,61H,4-6,8-9,12-13,15,17-18,21-22,24,27,30-32,34-35,37-41,43-44,46-55H2,1-3H3,(H,65,66)/b10-7-,14-11-,19-16-,23-20-,26-25-,29-28-,36-33-,45-42-. The SMILES string of the molecule is CC/C=C\C/C=C\C/C=C\C/C=C\C/C=C\C/C=C\CCC(=O)OC(COC(=O)CCCCCCC/C=C\C/C=C\CCC)COP(=O)(O)OCC(CO)OC(=O)CCCCCCCCCCCCCCC. The van der Waals surface area contributed by atoms with Crippen molar-refractivity contribution in [1.82, 2.24) is 0 Å². The van der Waals surface area contributed by atoms with Gasteiger partial charge in [-0.3, -0.25) is 23.4 Å². The van der Waals surface area contributed by atoms with Crippen molar-refractivity contribution in [1.29, 1.82) is 0 Å². The Balaban J connectivity index is 4.86. The molecule has 0 bridgehead atoms. The molecule has 412 valence electrons. The van der Waals surface area contributed by atoms with Gasteiger partial charge < -0.3 is 24.2 Å². The van der Waals surface area contributed by atoms with Gasteiger partial charge in [0.1, 0.15) is 12.7 Å². The fourth-order valence-electron chi connectivity index (χ4n) is 7.24. The molecule has 0 radical (unpaired) electrons. The van der Waals surface area contributed by atoms with Gasteiger partial charge in [0.25, 0.3) is 0 Å². The van der Waals surface area contributed by atoms with Gasteiger partial charge in [-0.05, 0) is 83.5 Å². The van der Waals surface area contributed by atoms with Crippen LogP contribution in [0.15, 0.2) is 97.2 Å². The molecule has 0 aliphatic heterocycles. The fraction of sp³-hybridized carbons (Fsp3) is 0.683. The van der Waals surface area contributed by atoms with Crippen molar-refractivity contribution < 1.29 is 52.2 Å². The molecule has 0 rings (SSSR count). The number of unbranched alkanes of at least 4 members (excludes halogenated alkanes) is 18. The summed E-state index contributed by atoms with van der Waals surface area (Å²) in [6.07, 6.45) is 62.4. The summed E-state index contributed by atoms with van der Waals surface area (Å²) in [5.41, 5.74) is 0. The Labute approximate surface area is 438 Å². The fourth-order valence-corrected chi connectivity index (χ4v) is 8.03. The minimum absolute atomic E-state index is 0.0363. The van der Waals surface area contributed by atoms with Crippen LogP contribution in [0.3, 0.4) is 0 Å². The molecule has 0 saturated carbocycles. The second-order valence-electron chi connectivity index (χ2n) is 18.4. The molecule has 0 aliphatic carbocycles. The van der Waals surface area contributed by atoms with Crippen molar-refractivity contribution in [3.8, 4) is 0 Å². The number of rotatable bonds is 51. The summed E-state index contributed by atoms with van der Waals surface area (Å²) in [5.74, 6) is -1.59. The predicted octanol–water partition coefficient (Wildman–Crippen LogP) is 16.5. The van der Waals surface area contributed by atoms with E-state index >= 15 is 0 Å². The van der Waals surface area contributed by atoms with E-state index in [-0.39, 0.29) is 25.9 Å². The highest BCUT2D eigenvalue weighted by Crippen LogP contribution is 2.43. The molecular weight excluding hydrogens is 928 g/mol. The number of esters is 3. The van der Waals surface area contributed by atoms with E-state index in [1.54, 1.807) is 0 Å². The maximum atomic E-state index is 12.9. The second-order valence-corrected chi connectivity index (χ2v) is 19.8. The molecule has 0 aromatic heterocycles. The molecular formula is C60H101O11P. The van der Waals surface area contributed by atoms with Crippen LogP contribution in [0.2, 0.25) is 0 Å². The van der Waals surface area contributed by atoms with Crippen LogP contribution in [0, 0.1) is 0 Å². The number of hydrogen-bond acceptors (Lipinski definition) is 10. The maximum Gasteiger partial charge on any atom is 0.472 e. The average Bonchev–Trinajstić information content (AvgIpc) is 3.37. The second kappa shape index (κ2) is 53.7. The van der Waals surface area contributed by atoms with Gasteiger partial charge in [-0.1, -0.05) is 221 Å². The zero-order valence-corrected chi connectivity index (χ0v) is 46.3. The normalized spacial score (nSPS) is 14.1. The molecule has 3 atom stereocenters. The third-order valence-electron chi connectivity index (χ3n) is 11.5. The van der Waals surface area contributed by atoms with Crippen LogP contribution in [0.25, 0.3) is 0 Å². The first-order valence-electron chi connectivity index (χ1n) is 28.1. The Hall–Kier alpha value is -3.60. The number of phosphoric ester groups is 1. The number of carbonyl (C=O) groups excluding carboxylic acids is 3. The largest absolute Gasteiger partial charge is 0.472 e. The topological polar surface area (TPSA) is 155 Å². The third-order valence-corrected chi connectivity index (χ3v) is 12.4. The van der Waals surface area contributed by atoms with Crippen molar-refractivity contribution in [2.75, 3.05) is 26.4 Å². The van der Waals surface area contributed by atoms with E-state index in [0.717, 1.165) is 103 Å². The van der Waals surface area contributed by atoms with Gasteiger partial charge in [-0.25, -0.2) is 4.57 Å². The molecule has 0 fully saturated rings. The molecule has 3 unspecified atom stereocenters. The van der Waals surface area contributed by atoms with Crippen LogP contribution < -0.4 is 0 Å². The molecule has 0 heterocycles. The lowest BCUT2D eigenvalue weighted by molar-refractivity contribution is -0.161. The van der Waals surface area contributed by atoms with Crippen molar-refractivity contribution in [3.63, 3.8) is 0 Å². The lowest BCUT2D eigenvalue weighted by Crippen LogP contribution is -2.30. The molecule has 0 aromatic carbocycles. The first kappa shape index (κ1) is 68.4. The molecule has 0 aromatic rings. The van der Waals surface area contributed by atoms with Crippen LogP contribution in [0.4, 0.5) is 0 Å². The Kier molecular flexibility index (Phi) is 51.0. The van der Waals surface area contributed by atoms with Crippen molar-refractivity contribution in [2.24, 2.45) is 0 Å². The van der Waals surface area contributed by atoms with Crippen LogP contribution in [0.5, 0.6) is 0 Å². The number of aliphatic hydroxyl groups excluding tert-OH is 1. The quantitative estimate of drug-likeness (QED) is 0.0197. The van der Waals surface area contributed by atoms with Gasteiger partial charge in [-0.2, -0.15) is 0 Å². The smallest absolute Gasteiger partial charge is 0.462 e. The number of phosphoric acid groups is 1. The Bertz CT molecular complexity index is 1580. The van der Waals surface area contributed by atoms with Gasteiger partial charge in [0, 0.05) is 19.3 Å². The molecule has 0 spiro atoms. The first-order chi connectivity index (χ1) is 35.2. The number of aliphatic hydroxyl groups is 1. The maximum absolute atomic E-state index is 12.9. The summed E-state index contributed by atoms with van der Waals surface area (Å²) in [7, 11) is -4.77. The minimum Gasteiger partial charge on any atom is -0.462 e. The molecule has 0 saturated heterocycles. The average molecular weight is 1030 g/mol. The van der Waals surface area contributed by atoms with Gasteiger partial charge in [0.2, 0.25) is 0 Å². The van der Waals surface area contributed by atoms with Crippen LogP contribution in [0.1, 0.15) is 226 Å². The van der Waals surface area contributed by atoms with E-state index in [4.69, 9.17) is 23.3 Å². The molecule has 72 heavy (non-hydrogen) atoms. The van der Waals surface area contributed by atoms with E-state index in [2.05, 4.69) is 106 Å². The van der Waals surface area contributed by atoms with E-state index in [9.17, 15) is 28.9 Å². The van der Waals surface area contributed by atoms with Gasteiger partial charge >= 0.3 is 25.7 Å². The van der Waals surface area contributed by atoms with E-state index in [1.165, 1.54) is 57.8 Å². The summed E-state index contributed by atoms with van der Waals surface area (Å²) in [6, 6.07) is 0. The van der Waals surface area contributed by atoms with Gasteiger partial charge in [0.15, 0.2) is 6.10 Å². The highest BCUT2D eigenvalue weighted by atomic mass is 31.2. The molecule has 2 N–H and O–H groups in total. The summed E-state index contributed by atoms with van der Waals surface area (Å²) < 4.78 is 39.4. The van der Waals surface area contributed by atoms with Crippen LogP contribution >= 0.6 is 7.82 Å². The molecule has 11 nitrogen and oxygen atoms in total. The Morgan fingerprint density at radius 3 is 1.25 bits per heavy atom. The van der Waals surface area contributed by atoms with Crippen molar-refractivity contribution in [3.05, 3.63) is 97.2 Å². The third kappa shape index (κ3) is 51.3. The van der Waals surface area contributed by atoms with Gasteiger partial charge in [-0.15, -0.1) is 0 Å².